The largest absolute Gasteiger partial charge is 0.496 e. The van der Waals surface area contributed by atoms with Gasteiger partial charge in [-0.25, -0.2) is 0 Å². The van der Waals surface area contributed by atoms with E-state index in [1.54, 1.807) is 19.4 Å². The molecule has 0 bridgehead atoms. The van der Waals surface area contributed by atoms with Crippen molar-refractivity contribution >= 4 is 38.4 Å². The molecule has 1 saturated heterocycles. The summed E-state index contributed by atoms with van der Waals surface area (Å²) in [6, 6.07) is 12.1. The molecule has 1 unspecified atom stereocenters. The SMILES string of the molecule is COc1cc2occ(-c3ccc(Br)cc3)c2cc1/C(C)=C/C(=O)N1CCCC(C)C1. The Morgan fingerprint density at radius 1 is 1.27 bits per heavy atom. The lowest BCUT2D eigenvalue weighted by Crippen LogP contribution is -2.38. The van der Waals surface area contributed by atoms with E-state index >= 15 is 0 Å². The average molecular weight is 468 g/mol. The van der Waals surface area contributed by atoms with Crippen molar-refractivity contribution in [3.8, 4) is 16.9 Å². The first-order valence-electron chi connectivity index (χ1n) is 10.3. The van der Waals surface area contributed by atoms with E-state index in [4.69, 9.17) is 9.15 Å². The molecule has 1 fully saturated rings. The molecule has 1 aliphatic heterocycles. The lowest BCUT2D eigenvalue weighted by atomic mass is 9.98. The van der Waals surface area contributed by atoms with Crippen molar-refractivity contribution in [2.24, 2.45) is 5.92 Å². The van der Waals surface area contributed by atoms with Gasteiger partial charge in [0, 0.05) is 46.2 Å². The molecule has 2 aromatic carbocycles. The van der Waals surface area contributed by atoms with E-state index in [2.05, 4.69) is 41.1 Å². The maximum absolute atomic E-state index is 12.8. The van der Waals surface area contributed by atoms with Gasteiger partial charge in [-0.05, 0) is 55.0 Å². The first-order chi connectivity index (χ1) is 14.5. The molecule has 3 aromatic rings. The van der Waals surface area contributed by atoms with E-state index in [0.717, 1.165) is 57.2 Å². The molecule has 0 spiro atoms. The van der Waals surface area contributed by atoms with E-state index in [9.17, 15) is 4.79 Å². The average Bonchev–Trinajstić information content (AvgIpc) is 3.16. The summed E-state index contributed by atoms with van der Waals surface area (Å²) in [6.07, 6.45) is 5.77. The lowest BCUT2D eigenvalue weighted by molar-refractivity contribution is -0.127. The first-order valence-corrected chi connectivity index (χ1v) is 11.1. The van der Waals surface area contributed by atoms with Crippen molar-refractivity contribution in [3.63, 3.8) is 0 Å². The highest BCUT2D eigenvalue weighted by Gasteiger charge is 2.20. The number of fused-ring (bicyclic) bond motifs is 1. The zero-order valence-electron chi connectivity index (χ0n) is 17.6. The van der Waals surface area contributed by atoms with Crippen LogP contribution in [0.15, 0.2) is 57.6 Å². The molecule has 4 rings (SSSR count). The number of furan rings is 1. The summed E-state index contributed by atoms with van der Waals surface area (Å²) < 4.78 is 12.5. The minimum Gasteiger partial charge on any atom is -0.496 e. The maximum Gasteiger partial charge on any atom is 0.246 e. The number of hydrogen-bond donors (Lipinski definition) is 0. The summed E-state index contributed by atoms with van der Waals surface area (Å²) in [5.74, 6) is 1.33. The molecule has 4 nitrogen and oxygen atoms in total. The van der Waals surface area contributed by atoms with Crippen LogP contribution in [0.2, 0.25) is 0 Å². The van der Waals surface area contributed by atoms with Crippen LogP contribution in [0.3, 0.4) is 0 Å². The summed E-state index contributed by atoms with van der Waals surface area (Å²) >= 11 is 3.48. The highest BCUT2D eigenvalue weighted by molar-refractivity contribution is 9.10. The number of ether oxygens (including phenoxy) is 1. The highest BCUT2D eigenvalue weighted by Crippen LogP contribution is 2.37. The first kappa shape index (κ1) is 20.7. The van der Waals surface area contributed by atoms with Crippen LogP contribution >= 0.6 is 15.9 Å². The maximum atomic E-state index is 12.8. The molecule has 5 heteroatoms. The Kier molecular flexibility index (Phi) is 6.00. The van der Waals surface area contributed by atoms with E-state index in [0.29, 0.717) is 11.7 Å². The van der Waals surface area contributed by atoms with Crippen molar-refractivity contribution in [2.45, 2.75) is 26.7 Å². The third-order valence-corrected chi connectivity index (χ3v) is 6.31. The summed E-state index contributed by atoms with van der Waals surface area (Å²) in [5, 5.41) is 1.000. The number of carbonyl (C=O) groups is 1. The quantitative estimate of drug-likeness (QED) is 0.409. The number of benzene rings is 2. The van der Waals surface area contributed by atoms with Crippen molar-refractivity contribution in [1.82, 2.24) is 4.90 Å². The molecule has 1 atom stereocenters. The number of methoxy groups -OCH3 is 1. The number of rotatable bonds is 4. The number of amides is 1. The zero-order valence-corrected chi connectivity index (χ0v) is 19.2. The van der Waals surface area contributed by atoms with E-state index in [1.807, 2.05) is 30.0 Å². The van der Waals surface area contributed by atoms with Crippen molar-refractivity contribution in [2.75, 3.05) is 20.2 Å². The Labute approximate surface area is 185 Å². The fraction of sp³-hybridized carbons (Fsp3) is 0.320. The standard InChI is InChI=1S/C25H26BrNO3/c1-16-5-4-10-27(14-16)25(28)11-17(2)20-12-21-22(18-6-8-19(26)9-7-18)15-30-24(21)13-23(20)29-3/h6-9,11-13,15-16H,4-5,10,14H2,1-3H3/b17-11+. The predicted octanol–water partition coefficient (Wildman–Crippen LogP) is 6.53. The molecule has 0 aliphatic carbocycles. The second kappa shape index (κ2) is 8.68. The van der Waals surface area contributed by atoms with Gasteiger partial charge in [-0.15, -0.1) is 0 Å². The second-order valence-electron chi connectivity index (χ2n) is 8.06. The van der Waals surface area contributed by atoms with Crippen molar-refractivity contribution < 1.29 is 13.9 Å². The minimum atomic E-state index is 0.0709. The fourth-order valence-corrected chi connectivity index (χ4v) is 4.39. The fourth-order valence-electron chi connectivity index (χ4n) is 4.13. The van der Waals surface area contributed by atoms with Crippen LogP contribution in [0.4, 0.5) is 0 Å². The number of nitrogens with zero attached hydrogens (tertiary/aromatic N) is 1. The molecule has 1 amide bonds. The van der Waals surface area contributed by atoms with Crippen LogP contribution in [-0.4, -0.2) is 31.0 Å². The van der Waals surface area contributed by atoms with Crippen LogP contribution in [-0.2, 0) is 4.79 Å². The topological polar surface area (TPSA) is 42.7 Å². The van der Waals surface area contributed by atoms with Crippen LogP contribution < -0.4 is 4.74 Å². The van der Waals surface area contributed by atoms with E-state index in [1.165, 1.54) is 6.42 Å². The summed E-state index contributed by atoms with van der Waals surface area (Å²) in [5.41, 5.74) is 4.65. The Morgan fingerprint density at radius 2 is 2.03 bits per heavy atom. The summed E-state index contributed by atoms with van der Waals surface area (Å²) in [7, 11) is 1.64. The minimum absolute atomic E-state index is 0.0709. The van der Waals surface area contributed by atoms with Gasteiger partial charge >= 0.3 is 0 Å². The van der Waals surface area contributed by atoms with Gasteiger partial charge in [-0.3, -0.25) is 4.79 Å². The van der Waals surface area contributed by atoms with Gasteiger partial charge in [0.1, 0.15) is 11.3 Å². The molecule has 30 heavy (non-hydrogen) atoms. The van der Waals surface area contributed by atoms with Gasteiger partial charge in [0.05, 0.1) is 13.4 Å². The molecule has 0 N–H and O–H groups in total. The Morgan fingerprint density at radius 3 is 2.73 bits per heavy atom. The van der Waals surface area contributed by atoms with Gasteiger partial charge < -0.3 is 14.1 Å². The van der Waals surface area contributed by atoms with Crippen LogP contribution in [0.25, 0.3) is 27.7 Å². The number of piperidine rings is 1. The normalized spacial score (nSPS) is 17.4. The smallest absolute Gasteiger partial charge is 0.246 e. The monoisotopic (exact) mass is 467 g/mol. The molecule has 1 aromatic heterocycles. The molecule has 0 radical (unpaired) electrons. The third-order valence-electron chi connectivity index (χ3n) is 5.78. The van der Waals surface area contributed by atoms with Crippen molar-refractivity contribution in [1.29, 1.82) is 0 Å². The van der Waals surface area contributed by atoms with Gasteiger partial charge in [-0.2, -0.15) is 0 Å². The predicted molar refractivity (Wildman–Crippen MR) is 125 cm³/mol. The number of allylic oxidation sites excluding steroid dienone is 1. The van der Waals surface area contributed by atoms with Crippen LogP contribution in [0.1, 0.15) is 32.3 Å². The lowest BCUT2D eigenvalue weighted by Gasteiger charge is -2.30. The molecule has 2 heterocycles. The van der Waals surface area contributed by atoms with Gasteiger partial charge in [0.25, 0.3) is 0 Å². The number of hydrogen-bond acceptors (Lipinski definition) is 3. The molecule has 1 aliphatic rings. The number of halogens is 1. The summed E-state index contributed by atoms with van der Waals surface area (Å²) in [4.78, 5) is 14.8. The van der Waals surface area contributed by atoms with Crippen molar-refractivity contribution in [3.05, 3.63) is 58.8 Å². The molecular weight excluding hydrogens is 442 g/mol. The van der Waals surface area contributed by atoms with E-state index in [-0.39, 0.29) is 5.91 Å². The zero-order chi connectivity index (χ0) is 21.3. The Balaban J connectivity index is 1.72. The Bertz CT molecular complexity index is 1100. The molecule has 156 valence electrons. The molecular formula is C25H26BrNO3. The molecule has 0 saturated carbocycles. The summed E-state index contributed by atoms with van der Waals surface area (Å²) in [6.45, 7) is 5.83. The third kappa shape index (κ3) is 4.17. The van der Waals surface area contributed by atoms with Gasteiger partial charge in [-0.1, -0.05) is 35.0 Å². The second-order valence-corrected chi connectivity index (χ2v) is 8.98. The van der Waals surface area contributed by atoms with Crippen LogP contribution in [0.5, 0.6) is 5.75 Å². The van der Waals surface area contributed by atoms with Crippen LogP contribution in [0, 0.1) is 5.92 Å². The van der Waals surface area contributed by atoms with Gasteiger partial charge in [0.15, 0.2) is 0 Å². The number of likely N-dealkylation sites (tertiary alicyclic amines) is 1. The Hall–Kier alpha value is -2.53. The number of carbonyl (C=O) groups excluding carboxylic acids is 1. The van der Waals surface area contributed by atoms with E-state index < -0.39 is 0 Å². The van der Waals surface area contributed by atoms with Gasteiger partial charge in [0.2, 0.25) is 5.91 Å². The highest BCUT2D eigenvalue weighted by atomic mass is 79.9.